The summed E-state index contributed by atoms with van der Waals surface area (Å²) in [5.74, 6) is 0. The second-order valence-corrected chi connectivity index (χ2v) is 6.63. The maximum atomic E-state index is 12.0. The highest BCUT2D eigenvalue weighted by atomic mass is 16.6. The number of rotatable bonds is 10. The lowest BCUT2D eigenvalue weighted by Crippen LogP contribution is -2.35. The van der Waals surface area contributed by atoms with Gasteiger partial charge < -0.3 is 20.1 Å². The molecule has 0 fully saturated rings. The highest BCUT2D eigenvalue weighted by Crippen LogP contribution is 2.06. The van der Waals surface area contributed by atoms with Crippen molar-refractivity contribution in [3.63, 3.8) is 0 Å². The molecule has 142 valence electrons. The molecule has 0 unspecified atom stereocenters. The molecule has 8 heteroatoms. The molecule has 1 amide bonds. The largest absolute Gasteiger partial charge is 0.444 e. The first-order valence-electron chi connectivity index (χ1n) is 8.67. The van der Waals surface area contributed by atoms with Crippen molar-refractivity contribution < 1.29 is 14.3 Å². The van der Waals surface area contributed by atoms with Crippen LogP contribution in [0.3, 0.4) is 0 Å². The summed E-state index contributed by atoms with van der Waals surface area (Å²) in [6.07, 6.45) is 3.22. The molecule has 0 aromatic carbocycles. The minimum atomic E-state index is -0.522. The van der Waals surface area contributed by atoms with Crippen molar-refractivity contribution in [3.05, 3.63) is 22.6 Å². The van der Waals surface area contributed by atoms with Gasteiger partial charge >= 0.3 is 6.09 Å². The van der Waals surface area contributed by atoms with E-state index in [9.17, 15) is 9.59 Å². The standard InChI is InChI=1S/C17H30N4O4/c1-5-6-10-24-11-9-21-15(22)12-14(13-20-21)18-7-8-19-16(23)25-17(2,3)4/h12-13,18H,5-11H2,1-4H3,(H,19,23). The van der Waals surface area contributed by atoms with Crippen molar-refractivity contribution >= 4 is 11.8 Å². The molecule has 0 radical (unpaired) electrons. The summed E-state index contributed by atoms with van der Waals surface area (Å²) in [6.45, 7) is 9.97. The first kappa shape index (κ1) is 21.0. The highest BCUT2D eigenvalue weighted by molar-refractivity contribution is 5.67. The second kappa shape index (κ2) is 10.7. The smallest absolute Gasteiger partial charge is 0.407 e. The predicted molar refractivity (Wildman–Crippen MR) is 97.0 cm³/mol. The number of amides is 1. The minimum absolute atomic E-state index is 0.191. The maximum absolute atomic E-state index is 12.0. The summed E-state index contributed by atoms with van der Waals surface area (Å²) >= 11 is 0. The lowest BCUT2D eigenvalue weighted by Gasteiger charge is -2.19. The van der Waals surface area contributed by atoms with E-state index in [1.54, 1.807) is 27.0 Å². The van der Waals surface area contributed by atoms with E-state index in [4.69, 9.17) is 9.47 Å². The van der Waals surface area contributed by atoms with Crippen molar-refractivity contribution in [2.24, 2.45) is 0 Å². The number of ether oxygens (including phenoxy) is 2. The molecule has 0 aliphatic heterocycles. The van der Waals surface area contributed by atoms with E-state index in [2.05, 4.69) is 22.7 Å². The first-order valence-corrected chi connectivity index (χ1v) is 8.67. The number of carbonyl (C=O) groups is 1. The molecule has 0 saturated carbocycles. The molecule has 25 heavy (non-hydrogen) atoms. The van der Waals surface area contributed by atoms with Crippen LogP contribution in [0.4, 0.5) is 10.5 Å². The van der Waals surface area contributed by atoms with Gasteiger partial charge in [-0.3, -0.25) is 4.79 Å². The highest BCUT2D eigenvalue weighted by Gasteiger charge is 2.15. The van der Waals surface area contributed by atoms with Crippen LogP contribution in [0.5, 0.6) is 0 Å². The van der Waals surface area contributed by atoms with Gasteiger partial charge in [-0.1, -0.05) is 13.3 Å². The third-order valence-electron chi connectivity index (χ3n) is 3.08. The van der Waals surface area contributed by atoms with Gasteiger partial charge in [0.15, 0.2) is 0 Å². The fourth-order valence-electron chi connectivity index (χ4n) is 1.88. The third-order valence-corrected chi connectivity index (χ3v) is 3.08. The van der Waals surface area contributed by atoms with Gasteiger partial charge in [0.25, 0.3) is 5.56 Å². The van der Waals surface area contributed by atoms with Crippen molar-refractivity contribution in [2.45, 2.75) is 52.7 Å². The average molecular weight is 354 g/mol. The Hall–Kier alpha value is -2.09. The molecule has 1 aromatic heterocycles. The second-order valence-electron chi connectivity index (χ2n) is 6.63. The first-order chi connectivity index (χ1) is 11.8. The van der Waals surface area contributed by atoms with Crippen LogP contribution >= 0.6 is 0 Å². The summed E-state index contributed by atoms with van der Waals surface area (Å²) in [5.41, 5.74) is -0.102. The molecular formula is C17H30N4O4. The molecule has 0 atom stereocenters. The van der Waals surface area contributed by atoms with E-state index in [0.717, 1.165) is 12.8 Å². The zero-order valence-electron chi connectivity index (χ0n) is 15.6. The molecule has 0 spiro atoms. The number of nitrogens with one attached hydrogen (secondary N) is 2. The summed E-state index contributed by atoms with van der Waals surface area (Å²) in [7, 11) is 0. The van der Waals surface area contributed by atoms with Crippen LogP contribution < -0.4 is 16.2 Å². The molecule has 8 nitrogen and oxygen atoms in total. The molecule has 0 saturated heterocycles. The van der Waals surface area contributed by atoms with Crippen LogP contribution in [0.1, 0.15) is 40.5 Å². The maximum Gasteiger partial charge on any atom is 0.407 e. The topological polar surface area (TPSA) is 94.5 Å². The minimum Gasteiger partial charge on any atom is -0.444 e. The van der Waals surface area contributed by atoms with E-state index in [-0.39, 0.29) is 5.56 Å². The van der Waals surface area contributed by atoms with E-state index >= 15 is 0 Å². The van der Waals surface area contributed by atoms with Crippen molar-refractivity contribution in [1.29, 1.82) is 0 Å². The molecular weight excluding hydrogens is 324 g/mol. The molecule has 1 heterocycles. The number of anilines is 1. The van der Waals surface area contributed by atoms with Gasteiger partial charge in [0.2, 0.25) is 0 Å². The Bertz CT molecular complexity index is 581. The Morgan fingerprint density at radius 3 is 2.68 bits per heavy atom. The lowest BCUT2D eigenvalue weighted by molar-refractivity contribution is 0.0530. The van der Waals surface area contributed by atoms with Crippen LogP contribution in [-0.2, 0) is 16.0 Å². The summed E-state index contributed by atoms with van der Waals surface area (Å²) in [6, 6.07) is 1.48. The zero-order chi connectivity index (χ0) is 18.7. The van der Waals surface area contributed by atoms with Gasteiger partial charge in [-0.15, -0.1) is 0 Å². The average Bonchev–Trinajstić information content (AvgIpc) is 2.51. The van der Waals surface area contributed by atoms with E-state index in [1.165, 1.54) is 10.7 Å². The number of carbonyl (C=O) groups excluding carboxylic acids is 1. The molecule has 1 rings (SSSR count). The number of aromatic nitrogens is 2. The molecule has 1 aromatic rings. The van der Waals surface area contributed by atoms with Crippen LogP contribution in [0.15, 0.2) is 17.1 Å². The number of nitrogens with zero attached hydrogens (tertiary/aromatic N) is 2. The number of hydrogen-bond donors (Lipinski definition) is 2. The van der Waals surface area contributed by atoms with Crippen molar-refractivity contribution in [2.75, 3.05) is 31.6 Å². The van der Waals surface area contributed by atoms with Crippen LogP contribution in [0.2, 0.25) is 0 Å². The number of hydrogen-bond acceptors (Lipinski definition) is 6. The van der Waals surface area contributed by atoms with E-state index in [1.807, 2.05) is 0 Å². The van der Waals surface area contributed by atoms with Gasteiger partial charge in [0.05, 0.1) is 25.0 Å². The third kappa shape index (κ3) is 9.71. The van der Waals surface area contributed by atoms with Crippen molar-refractivity contribution in [1.82, 2.24) is 15.1 Å². The van der Waals surface area contributed by atoms with Gasteiger partial charge in [-0.25, -0.2) is 9.48 Å². The monoisotopic (exact) mass is 354 g/mol. The zero-order valence-corrected chi connectivity index (χ0v) is 15.6. The number of unbranched alkanes of at least 4 members (excludes halogenated alkanes) is 1. The van der Waals surface area contributed by atoms with Crippen molar-refractivity contribution in [3.8, 4) is 0 Å². The SMILES string of the molecule is CCCCOCCn1ncc(NCCNC(=O)OC(C)(C)C)cc1=O. The van der Waals surface area contributed by atoms with E-state index in [0.29, 0.717) is 38.5 Å². The Labute approximate surface area is 148 Å². The predicted octanol–water partition coefficient (Wildman–Crippen LogP) is 2.00. The van der Waals surface area contributed by atoms with Gasteiger partial charge in [0.1, 0.15) is 5.60 Å². The van der Waals surface area contributed by atoms with Crippen LogP contribution in [0, 0.1) is 0 Å². The van der Waals surface area contributed by atoms with Gasteiger partial charge in [-0.2, -0.15) is 5.10 Å². The summed E-state index contributed by atoms with van der Waals surface area (Å²) in [5, 5.41) is 9.78. The number of alkyl carbamates (subject to hydrolysis) is 1. The summed E-state index contributed by atoms with van der Waals surface area (Å²) in [4.78, 5) is 23.5. The van der Waals surface area contributed by atoms with Gasteiger partial charge in [-0.05, 0) is 27.2 Å². The Morgan fingerprint density at radius 2 is 2.04 bits per heavy atom. The Balaban J connectivity index is 2.30. The summed E-state index contributed by atoms with van der Waals surface area (Å²) < 4.78 is 11.9. The fourth-order valence-corrected chi connectivity index (χ4v) is 1.88. The van der Waals surface area contributed by atoms with E-state index < -0.39 is 11.7 Å². The van der Waals surface area contributed by atoms with Crippen LogP contribution in [-0.4, -0.2) is 47.8 Å². The molecule has 2 N–H and O–H groups in total. The van der Waals surface area contributed by atoms with Crippen LogP contribution in [0.25, 0.3) is 0 Å². The fraction of sp³-hybridized carbons (Fsp3) is 0.706. The molecule has 0 aliphatic carbocycles. The Morgan fingerprint density at radius 1 is 1.28 bits per heavy atom. The molecule has 0 aliphatic rings. The molecule has 0 bridgehead atoms. The Kier molecular flexibility index (Phi) is 8.98. The van der Waals surface area contributed by atoms with Gasteiger partial charge in [0, 0.05) is 25.8 Å². The lowest BCUT2D eigenvalue weighted by atomic mass is 10.2. The normalized spacial score (nSPS) is 11.2. The quantitative estimate of drug-likeness (QED) is 0.624.